The molecule has 0 radical (unpaired) electrons. The van der Waals surface area contributed by atoms with Gasteiger partial charge >= 0.3 is 6.09 Å². The third kappa shape index (κ3) is 3.67. The molecule has 3 heterocycles. The Morgan fingerprint density at radius 1 is 1.22 bits per heavy atom. The highest BCUT2D eigenvalue weighted by molar-refractivity contribution is 5.69. The molecule has 2 saturated heterocycles. The van der Waals surface area contributed by atoms with Gasteiger partial charge in [0.25, 0.3) is 0 Å². The summed E-state index contributed by atoms with van der Waals surface area (Å²) < 4.78 is 19.1. The van der Waals surface area contributed by atoms with E-state index < -0.39 is 11.4 Å². The molecule has 2 fully saturated rings. The minimum Gasteiger partial charge on any atom is -0.445 e. The predicted molar refractivity (Wildman–Crippen MR) is 97.2 cm³/mol. The van der Waals surface area contributed by atoms with E-state index in [9.17, 15) is 14.3 Å². The first-order chi connectivity index (χ1) is 13.0. The second kappa shape index (κ2) is 7.27. The normalized spacial score (nSPS) is 27.3. The molecular weight excluding hydrogens is 347 g/mol. The highest BCUT2D eigenvalue weighted by Gasteiger charge is 2.49. The number of aromatic nitrogens is 1. The minimum absolute atomic E-state index is 0.129. The summed E-state index contributed by atoms with van der Waals surface area (Å²) in [7, 11) is 0. The first-order valence-electron chi connectivity index (χ1n) is 9.39. The Hall–Kier alpha value is -2.47. The molecule has 4 rings (SSSR count). The second-order valence-electron chi connectivity index (χ2n) is 7.49. The topological polar surface area (TPSA) is 62.7 Å². The Labute approximate surface area is 157 Å². The molecule has 6 heteroatoms. The molecule has 0 spiro atoms. The Balaban J connectivity index is 1.49. The second-order valence-corrected chi connectivity index (χ2v) is 7.49. The molecule has 2 atom stereocenters. The highest BCUT2D eigenvalue weighted by atomic mass is 19.1. The van der Waals surface area contributed by atoms with E-state index in [0.717, 1.165) is 24.8 Å². The van der Waals surface area contributed by atoms with Crippen molar-refractivity contribution in [3.8, 4) is 0 Å². The largest absolute Gasteiger partial charge is 0.445 e. The molecule has 5 nitrogen and oxygen atoms in total. The van der Waals surface area contributed by atoms with Crippen molar-refractivity contribution in [2.45, 2.75) is 56.4 Å². The third-order valence-corrected chi connectivity index (χ3v) is 5.62. The standard InChI is InChI=1S/C21H23FN2O3/c22-16-9-10-23-19(11-16)21(26)12-17-7-4-8-18(13-21)24(17)20(25)27-14-15-5-2-1-3-6-15/h1-3,5-6,9-11,17-18,26H,4,7-8,12-14H2. The molecule has 142 valence electrons. The third-order valence-electron chi connectivity index (χ3n) is 5.62. The van der Waals surface area contributed by atoms with Crippen molar-refractivity contribution >= 4 is 6.09 Å². The van der Waals surface area contributed by atoms with Gasteiger partial charge < -0.3 is 14.7 Å². The maximum absolute atomic E-state index is 13.6. The van der Waals surface area contributed by atoms with E-state index in [2.05, 4.69) is 4.98 Å². The summed E-state index contributed by atoms with van der Waals surface area (Å²) in [5.74, 6) is -0.414. The van der Waals surface area contributed by atoms with Crippen LogP contribution in [0.4, 0.5) is 9.18 Å². The molecule has 0 saturated carbocycles. The van der Waals surface area contributed by atoms with Gasteiger partial charge in [0.2, 0.25) is 0 Å². The quantitative estimate of drug-likeness (QED) is 0.894. The molecule has 1 aromatic heterocycles. The number of nitrogens with zero attached hydrogens (tertiary/aromatic N) is 2. The molecule has 1 N–H and O–H groups in total. The first-order valence-corrected chi connectivity index (χ1v) is 9.39. The number of ether oxygens (including phenoxy) is 1. The lowest BCUT2D eigenvalue weighted by Gasteiger charge is -2.51. The number of benzene rings is 1. The van der Waals surface area contributed by atoms with Crippen molar-refractivity contribution in [1.29, 1.82) is 0 Å². The molecule has 2 unspecified atom stereocenters. The SMILES string of the molecule is O=C(OCc1ccccc1)N1C2CCCC1CC(O)(c1cc(F)ccn1)C2. The summed E-state index contributed by atoms with van der Waals surface area (Å²) in [5, 5.41) is 11.2. The molecule has 2 aliphatic heterocycles. The smallest absolute Gasteiger partial charge is 0.410 e. The number of halogens is 1. The van der Waals surface area contributed by atoms with Crippen molar-refractivity contribution in [1.82, 2.24) is 9.88 Å². The van der Waals surface area contributed by atoms with E-state index in [-0.39, 0.29) is 24.8 Å². The van der Waals surface area contributed by atoms with Gasteiger partial charge in [-0.25, -0.2) is 9.18 Å². The van der Waals surface area contributed by atoms with E-state index in [1.807, 2.05) is 30.3 Å². The van der Waals surface area contributed by atoms with Gasteiger partial charge in [0.1, 0.15) is 18.0 Å². The van der Waals surface area contributed by atoms with Gasteiger partial charge in [0.05, 0.1) is 5.69 Å². The Bertz CT molecular complexity index is 800. The van der Waals surface area contributed by atoms with Gasteiger partial charge in [-0.15, -0.1) is 0 Å². The molecule has 2 aliphatic rings. The van der Waals surface area contributed by atoms with Gasteiger partial charge in [-0.3, -0.25) is 4.98 Å². The van der Waals surface area contributed by atoms with Gasteiger partial charge in [0, 0.05) is 31.1 Å². The molecule has 0 aliphatic carbocycles. The van der Waals surface area contributed by atoms with Gasteiger partial charge in [-0.05, 0) is 37.0 Å². The monoisotopic (exact) mass is 370 g/mol. The summed E-state index contributed by atoms with van der Waals surface area (Å²) in [5.41, 5.74) is 0.0684. The van der Waals surface area contributed by atoms with Crippen LogP contribution in [0.15, 0.2) is 48.7 Å². The number of aliphatic hydroxyl groups is 1. The Kier molecular flexibility index (Phi) is 4.83. The molecular formula is C21H23FN2O3. The van der Waals surface area contributed by atoms with Crippen molar-refractivity contribution in [2.24, 2.45) is 0 Å². The van der Waals surface area contributed by atoms with Crippen LogP contribution in [0.3, 0.4) is 0 Å². The van der Waals surface area contributed by atoms with Crippen LogP contribution in [-0.2, 0) is 16.9 Å². The maximum atomic E-state index is 13.6. The Morgan fingerprint density at radius 3 is 2.59 bits per heavy atom. The Morgan fingerprint density at radius 2 is 1.93 bits per heavy atom. The molecule has 1 amide bonds. The van der Waals surface area contributed by atoms with E-state index in [1.54, 1.807) is 4.90 Å². The zero-order valence-corrected chi connectivity index (χ0v) is 15.1. The summed E-state index contributed by atoms with van der Waals surface area (Å²) >= 11 is 0. The zero-order chi connectivity index (χ0) is 18.9. The van der Waals surface area contributed by atoms with E-state index in [1.165, 1.54) is 18.3 Å². The fraction of sp³-hybridized carbons (Fsp3) is 0.429. The molecule has 1 aromatic carbocycles. The van der Waals surface area contributed by atoms with E-state index in [0.29, 0.717) is 18.5 Å². The van der Waals surface area contributed by atoms with Crippen LogP contribution >= 0.6 is 0 Å². The van der Waals surface area contributed by atoms with Crippen molar-refractivity contribution < 1.29 is 19.0 Å². The number of pyridine rings is 1. The van der Waals surface area contributed by atoms with Crippen LogP contribution in [0.5, 0.6) is 0 Å². The molecule has 27 heavy (non-hydrogen) atoms. The van der Waals surface area contributed by atoms with Gasteiger partial charge in [0.15, 0.2) is 0 Å². The summed E-state index contributed by atoms with van der Waals surface area (Å²) in [6, 6.07) is 11.9. The van der Waals surface area contributed by atoms with Gasteiger partial charge in [-0.2, -0.15) is 0 Å². The summed E-state index contributed by atoms with van der Waals surface area (Å²) in [6.07, 6.45) is 4.33. The van der Waals surface area contributed by atoms with Crippen LogP contribution in [0.25, 0.3) is 0 Å². The van der Waals surface area contributed by atoms with Crippen LogP contribution in [-0.4, -0.2) is 33.2 Å². The van der Waals surface area contributed by atoms with Crippen LogP contribution < -0.4 is 0 Å². The van der Waals surface area contributed by atoms with E-state index >= 15 is 0 Å². The minimum atomic E-state index is -1.21. The average molecular weight is 370 g/mol. The van der Waals surface area contributed by atoms with Gasteiger partial charge in [-0.1, -0.05) is 30.3 Å². The lowest BCUT2D eigenvalue weighted by molar-refractivity contribution is -0.0919. The zero-order valence-electron chi connectivity index (χ0n) is 15.1. The fourth-order valence-electron chi connectivity index (χ4n) is 4.39. The van der Waals surface area contributed by atoms with E-state index in [4.69, 9.17) is 4.74 Å². The summed E-state index contributed by atoms with van der Waals surface area (Å²) in [6.45, 7) is 0.228. The van der Waals surface area contributed by atoms with Crippen molar-refractivity contribution in [3.63, 3.8) is 0 Å². The number of piperidine rings is 2. The number of carbonyl (C=O) groups is 1. The number of fused-ring (bicyclic) bond motifs is 2. The lowest BCUT2D eigenvalue weighted by atomic mass is 9.74. The average Bonchev–Trinajstić information content (AvgIpc) is 2.66. The summed E-state index contributed by atoms with van der Waals surface area (Å²) in [4.78, 5) is 18.7. The fourth-order valence-corrected chi connectivity index (χ4v) is 4.39. The molecule has 2 aromatic rings. The van der Waals surface area contributed by atoms with Crippen molar-refractivity contribution in [3.05, 3.63) is 65.7 Å². The highest BCUT2D eigenvalue weighted by Crippen LogP contribution is 2.44. The lowest BCUT2D eigenvalue weighted by Crippen LogP contribution is -2.59. The number of hydrogen-bond donors (Lipinski definition) is 1. The number of hydrogen-bond acceptors (Lipinski definition) is 4. The number of rotatable bonds is 3. The van der Waals surface area contributed by atoms with Crippen molar-refractivity contribution in [2.75, 3.05) is 0 Å². The van der Waals surface area contributed by atoms with Crippen LogP contribution in [0.2, 0.25) is 0 Å². The predicted octanol–water partition coefficient (Wildman–Crippen LogP) is 3.76. The van der Waals surface area contributed by atoms with Crippen LogP contribution in [0, 0.1) is 5.82 Å². The first kappa shape index (κ1) is 17.9. The number of amides is 1. The van der Waals surface area contributed by atoms with Crippen LogP contribution in [0.1, 0.15) is 43.4 Å². The number of carbonyl (C=O) groups excluding carboxylic acids is 1. The molecule has 2 bridgehead atoms. The maximum Gasteiger partial charge on any atom is 0.410 e.